The van der Waals surface area contributed by atoms with Gasteiger partial charge < -0.3 is 29.2 Å². The highest BCUT2D eigenvalue weighted by Crippen LogP contribution is 2.43. The van der Waals surface area contributed by atoms with E-state index in [0.717, 1.165) is 5.56 Å². The van der Waals surface area contributed by atoms with E-state index in [1.165, 1.54) is 0 Å². The van der Waals surface area contributed by atoms with Crippen molar-refractivity contribution >= 4 is 0 Å². The summed E-state index contributed by atoms with van der Waals surface area (Å²) in [5.74, 6) is -2.01. The Labute approximate surface area is 129 Å². The van der Waals surface area contributed by atoms with Gasteiger partial charge in [0.05, 0.1) is 13.2 Å². The number of ether oxygens (including phenoxy) is 4. The van der Waals surface area contributed by atoms with E-state index in [9.17, 15) is 10.2 Å². The van der Waals surface area contributed by atoms with Gasteiger partial charge in [-0.3, -0.25) is 0 Å². The van der Waals surface area contributed by atoms with Crippen LogP contribution in [0.3, 0.4) is 0 Å². The second kappa shape index (κ2) is 5.88. The summed E-state index contributed by atoms with van der Waals surface area (Å²) < 4.78 is 23.1. The molecule has 1 aromatic carbocycles. The molecule has 2 N–H and O–H groups in total. The van der Waals surface area contributed by atoms with Gasteiger partial charge in [0.15, 0.2) is 5.79 Å². The topological polar surface area (TPSA) is 77.4 Å². The molecule has 0 amide bonds. The van der Waals surface area contributed by atoms with Gasteiger partial charge in [0.25, 0.3) is 0 Å². The van der Waals surface area contributed by atoms with Crippen LogP contribution in [0.25, 0.3) is 0 Å². The third-order valence-electron chi connectivity index (χ3n) is 3.97. The SMILES string of the molecule is CC1(C)OCC2(O[C@@H](CO)[C@H](O)[C@H]2OCc2ccccc2)O1. The molecule has 22 heavy (non-hydrogen) atoms. The fraction of sp³-hybridized carbons (Fsp3) is 0.625. The van der Waals surface area contributed by atoms with Crippen molar-refractivity contribution in [2.75, 3.05) is 13.2 Å². The van der Waals surface area contributed by atoms with Crippen LogP contribution in [0.4, 0.5) is 0 Å². The molecule has 1 unspecified atom stereocenters. The zero-order chi connectivity index (χ0) is 15.8. The lowest BCUT2D eigenvalue weighted by Crippen LogP contribution is -2.48. The molecule has 2 heterocycles. The highest BCUT2D eigenvalue weighted by Gasteiger charge is 2.62. The van der Waals surface area contributed by atoms with Crippen molar-refractivity contribution in [2.45, 2.75) is 50.3 Å². The first-order chi connectivity index (χ1) is 10.5. The summed E-state index contributed by atoms with van der Waals surface area (Å²) in [6, 6.07) is 9.65. The molecule has 122 valence electrons. The quantitative estimate of drug-likeness (QED) is 0.857. The van der Waals surface area contributed by atoms with Crippen LogP contribution in [0.1, 0.15) is 19.4 Å². The Morgan fingerprint density at radius 2 is 2.00 bits per heavy atom. The smallest absolute Gasteiger partial charge is 0.224 e. The molecule has 0 aliphatic carbocycles. The van der Waals surface area contributed by atoms with Crippen molar-refractivity contribution in [3.63, 3.8) is 0 Å². The van der Waals surface area contributed by atoms with E-state index in [0.29, 0.717) is 6.61 Å². The van der Waals surface area contributed by atoms with Crippen LogP contribution in [0, 0.1) is 0 Å². The van der Waals surface area contributed by atoms with Crippen LogP contribution in [0.15, 0.2) is 30.3 Å². The summed E-state index contributed by atoms with van der Waals surface area (Å²) in [4.78, 5) is 0. The van der Waals surface area contributed by atoms with Crippen molar-refractivity contribution < 1.29 is 29.2 Å². The molecule has 0 radical (unpaired) electrons. The third-order valence-corrected chi connectivity index (χ3v) is 3.97. The number of aliphatic hydroxyl groups excluding tert-OH is 2. The third kappa shape index (κ3) is 2.90. The number of hydrogen-bond acceptors (Lipinski definition) is 6. The Balaban J connectivity index is 1.76. The highest BCUT2D eigenvalue weighted by molar-refractivity contribution is 5.14. The average Bonchev–Trinajstić information content (AvgIpc) is 2.95. The van der Waals surface area contributed by atoms with Crippen LogP contribution in [0.5, 0.6) is 0 Å². The molecule has 3 rings (SSSR count). The van der Waals surface area contributed by atoms with Crippen LogP contribution < -0.4 is 0 Å². The van der Waals surface area contributed by atoms with Crippen molar-refractivity contribution in [3.8, 4) is 0 Å². The number of rotatable bonds is 4. The maximum Gasteiger partial charge on any atom is 0.224 e. The Morgan fingerprint density at radius 3 is 2.59 bits per heavy atom. The molecule has 6 nitrogen and oxygen atoms in total. The number of hydrogen-bond donors (Lipinski definition) is 2. The van der Waals surface area contributed by atoms with Crippen LogP contribution in [-0.4, -0.2) is 53.3 Å². The van der Waals surface area contributed by atoms with Gasteiger partial charge in [-0.1, -0.05) is 30.3 Å². The largest absolute Gasteiger partial charge is 0.394 e. The van der Waals surface area contributed by atoms with Gasteiger partial charge >= 0.3 is 0 Å². The fourth-order valence-electron chi connectivity index (χ4n) is 2.93. The van der Waals surface area contributed by atoms with E-state index >= 15 is 0 Å². The maximum absolute atomic E-state index is 10.4. The fourth-order valence-corrected chi connectivity index (χ4v) is 2.93. The Kier molecular flexibility index (Phi) is 4.24. The van der Waals surface area contributed by atoms with E-state index in [-0.39, 0.29) is 13.2 Å². The first-order valence-electron chi connectivity index (χ1n) is 7.42. The molecule has 1 spiro atoms. The monoisotopic (exact) mass is 310 g/mol. The lowest BCUT2D eigenvalue weighted by atomic mass is 10.1. The minimum atomic E-state index is -1.19. The minimum Gasteiger partial charge on any atom is -0.394 e. The molecule has 0 aromatic heterocycles. The van der Waals surface area contributed by atoms with Gasteiger partial charge in [-0.15, -0.1) is 0 Å². The molecular formula is C16H22O6. The minimum absolute atomic E-state index is 0.146. The summed E-state index contributed by atoms with van der Waals surface area (Å²) >= 11 is 0. The summed E-state index contributed by atoms with van der Waals surface area (Å²) in [6.45, 7) is 3.70. The van der Waals surface area contributed by atoms with Crippen molar-refractivity contribution in [1.82, 2.24) is 0 Å². The van der Waals surface area contributed by atoms with Gasteiger partial charge in [-0.25, -0.2) is 0 Å². The number of aliphatic hydroxyl groups is 2. The molecule has 2 fully saturated rings. The normalized spacial score (nSPS) is 37.0. The maximum atomic E-state index is 10.4. The van der Waals surface area contributed by atoms with E-state index in [1.807, 2.05) is 30.3 Å². The molecule has 4 atom stereocenters. The van der Waals surface area contributed by atoms with Crippen molar-refractivity contribution in [2.24, 2.45) is 0 Å². The van der Waals surface area contributed by atoms with Gasteiger partial charge in [0.2, 0.25) is 5.79 Å². The Bertz CT molecular complexity index is 505. The van der Waals surface area contributed by atoms with E-state index in [2.05, 4.69) is 0 Å². The predicted molar refractivity (Wildman–Crippen MR) is 76.8 cm³/mol. The first-order valence-corrected chi connectivity index (χ1v) is 7.42. The van der Waals surface area contributed by atoms with Crippen LogP contribution >= 0.6 is 0 Å². The zero-order valence-corrected chi connectivity index (χ0v) is 12.8. The van der Waals surface area contributed by atoms with Crippen LogP contribution in [-0.2, 0) is 25.6 Å². The first kappa shape index (κ1) is 15.9. The standard InChI is InChI=1S/C16H22O6/c1-15(2)20-10-16(22-15)14(13(18)12(8-17)21-16)19-9-11-6-4-3-5-7-11/h3-7,12-14,17-18H,8-10H2,1-2H3/t12-,13-,14+,16?/m0/s1. The van der Waals surface area contributed by atoms with Gasteiger partial charge in [0, 0.05) is 0 Å². The molecule has 0 bridgehead atoms. The molecule has 6 heteroatoms. The lowest BCUT2D eigenvalue weighted by molar-refractivity contribution is -0.277. The van der Waals surface area contributed by atoms with Crippen molar-refractivity contribution in [3.05, 3.63) is 35.9 Å². The van der Waals surface area contributed by atoms with Crippen LogP contribution in [0.2, 0.25) is 0 Å². The second-order valence-electron chi connectivity index (χ2n) is 6.15. The molecule has 2 aliphatic heterocycles. The summed E-state index contributed by atoms with van der Waals surface area (Å²) in [5.41, 5.74) is 0.982. The predicted octanol–water partition coefficient (Wildman–Crippen LogP) is 0.803. The number of benzene rings is 1. The molecular weight excluding hydrogens is 288 g/mol. The van der Waals surface area contributed by atoms with Gasteiger partial charge in [-0.05, 0) is 19.4 Å². The molecule has 0 saturated carbocycles. The van der Waals surface area contributed by atoms with E-state index < -0.39 is 29.9 Å². The molecule has 2 saturated heterocycles. The molecule has 1 aromatic rings. The second-order valence-corrected chi connectivity index (χ2v) is 6.15. The zero-order valence-electron chi connectivity index (χ0n) is 12.8. The van der Waals surface area contributed by atoms with Gasteiger partial charge in [0.1, 0.15) is 24.9 Å². The average molecular weight is 310 g/mol. The van der Waals surface area contributed by atoms with Crippen molar-refractivity contribution in [1.29, 1.82) is 0 Å². The van der Waals surface area contributed by atoms with Gasteiger partial charge in [-0.2, -0.15) is 0 Å². The summed E-state index contributed by atoms with van der Waals surface area (Å²) in [5, 5.41) is 19.8. The molecule has 2 aliphatic rings. The van der Waals surface area contributed by atoms with E-state index in [4.69, 9.17) is 18.9 Å². The van der Waals surface area contributed by atoms with E-state index in [1.54, 1.807) is 13.8 Å². The summed E-state index contributed by atoms with van der Waals surface area (Å²) in [7, 11) is 0. The Morgan fingerprint density at radius 1 is 1.27 bits per heavy atom. The lowest BCUT2D eigenvalue weighted by Gasteiger charge is -2.30. The highest BCUT2D eigenvalue weighted by atomic mass is 16.9. The Hall–Kier alpha value is -1.02. The summed E-state index contributed by atoms with van der Waals surface area (Å²) in [6.07, 6.45) is -2.46.